The maximum absolute atomic E-state index is 5.78. The molecule has 0 aliphatic heterocycles. The fourth-order valence-corrected chi connectivity index (χ4v) is 1.28. The van der Waals surface area contributed by atoms with Gasteiger partial charge in [0.2, 0.25) is 0 Å². The predicted octanol–water partition coefficient (Wildman–Crippen LogP) is 2.03. The van der Waals surface area contributed by atoms with Crippen molar-refractivity contribution in [3.63, 3.8) is 0 Å². The second-order valence-corrected chi connectivity index (χ2v) is 3.39. The highest BCUT2D eigenvalue weighted by atomic mass is 32.2. The number of allylic oxidation sites excluding steroid dienone is 1. The summed E-state index contributed by atoms with van der Waals surface area (Å²) in [7, 11) is 0. The molecule has 2 N–H and O–H groups in total. The second kappa shape index (κ2) is 7.16. The Balaban J connectivity index is 3.07. The summed E-state index contributed by atoms with van der Waals surface area (Å²) in [4.78, 5) is 0. The molecule has 0 rings (SSSR count). The van der Waals surface area contributed by atoms with Crippen molar-refractivity contribution in [1.82, 2.24) is 0 Å². The quantitative estimate of drug-likeness (QED) is 0.600. The topological polar surface area (TPSA) is 26.0 Å². The van der Waals surface area contributed by atoms with Gasteiger partial charge in [-0.15, -0.1) is 6.58 Å². The lowest BCUT2D eigenvalue weighted by Crippen LogP contribution is -2.20. The predicted molar refractivity (Wildman–Crippen MR) is 50.4 cm³/mol. The minimum Gasteiger partial charge on any atom is -0.328 e. The molecule has 0 aromatic heterocycles. The zero-order valence-electron chi connectivity index (χ0n) is 6.68. The Hall–Kier alpha value is 0.0500. The van der Waals surface area contributed by atoms with E-state index in [9.17, 15) is 0 Å². The first kappa shape index (κ1) is 10.0. The van der Waals surface area contributed by atoms with Crippen LogP contribution in [0.3, 0.4) is 0 Å². The third-order valence-corrected chi connectivity index (χ3v) is 2.08. The van der Waals surface area contributed by atoms with Crippen LogP contribution >= 0.6 is 11.8 Å². The zero-order valence-corrected chi connectivity index (χ0v) is 7.49. The summed E-state index contributed by atoms with van der Waals surface area (Å²) < 4.78 is 0. The van der Waals surface area contributed by atoms with Crippen molar-refractivity contribution < 1.29 is 0 Å². The highest BCUT2D eigenvalue weighted by Gasteiger charge is 1.98. The molecule has 0 saturated heterocycles. The maximum Gasteiger partial charge on any atom is 0.00496 e. The minimum atomic E-state index is 0.380. The largest absolute Gasteiger partial charge is 0.328 e. The lowest BCUT2D eigenvalue weighted by atomic mass is 10.1. The van der Waals surface area contributed by atoms with E-state index in [1.54, 1.807) is 0 Å². The number of rotatable bonds is 6. The van der Waals surface area contributed by atoms with Crippen LogP contribution in [-0.4, -0.2) is 18.1 Å². The van der Waals surface area contributed by atoms with Crippen LogP contribution in [0.5, 0.6) is 0 Å². The van der Waals surface area contributed by atoms with E-state index in [2.05, 4.69) is 12.8 Å². The molecule has 0 spiro atoms. The van der Waals surface area contributed by atoms with Crippen molar-refractivity contribution in [3.8, 4) is 0 Å². The third kappa shape index (κ3) is 6.17. The van der Waals surface area contributed by atoms with Crippen molar-refractivity contribution in [2.24, 2.45) is 5.73 Å². The molecule has 0 aliphatic carbocycles. The SMILES string of the molecule is C=CCCC(N)CCSC. The van der Waals surface area contributed by atoms with Gasteiger partial charge in [-0.1, -0.05) is 6.08 Å². The highest BCUT2D eigenvalue weighted by Crippen LogP contribution is 2.03. The van der Waals surface area contributed by atoms with Gasteiger partial charge in [-0.2, -0.15) is 11.8 Å². The molecule has 0 bridgehead atoms. The maximum atomic E-state index is 5.78. The van der Waals surface area contributed by atoms with Crippen LogP contribution in [-0.2, 0) is 0 Å². The van der Waals surface area contributed by atoms with Crippen LogP contribution < -0.4 is 5.73 Å². The Morgan fingerprint density at radius 2 is 2.30 bits per heavy atom. The average molecular weight is 159 g/mol. The number of hydrogen-bond donors (Lipinski definition) is 1. The van der Waals surface area contributed by atoms with Gasteiger partial charge in [-0.05, 0) is 31.3 Å². The molecule has 1 nitrogen and oxygen atoms in total. The van der Waals surface area contributed by atoms with Crippen LogP contribution in [0.4, 0.5) is 0 Å². The van der Waals surface area contributed by atoms with Crippen molar-refractivity contribution in [2.45, 2.75) is 25.3 Å². The molecule has 1 atom stereocenters. The summed E-state index contributed by atoms with van der Waals surface area (Å²) in [5, 5.41) is 0. The summed E-state index contributed by atoms with van der Waals surface area (Å²) in [6.07, 6.45) is 7.31. The van der Waals surface area contributed by atoms with Gasteiger partial charge in [0.1, 0.15) is 0 Å². The van der Waals surface area contributed by atoms with Gasteiger partial charge < -0.3 is 5.73 Å². The molecule has 0 amide bonds. The Morgan fingerprint density at radius 1 is 1.60 bits per heavy atom. The Kier molecular flexibility index (Phi) is 7.20. The Morgan fingerprint density at radius 3 is 2.80 bits per heavy atom. The zero-order chi connectivity index (χ0) is 7.82. The third-order valence-electron chi connectivity index (χ3n) is 1.43. The summed E-state index contributed by atoms with van der Waals surface area (Å²) >= 11 is 1.86. The second-order valence-electron chi connectivity index (χ2n) is 2.41. The number of nitrogens with two attached hydrogens (primary N) is 1. The van der Waals surface area contributed by atoms with Gasteiger partial charge in [-0.25, -0.2) is 0 Å². The smallest absolute Gasteiger partial charge is 0.00496 e. The normalized spacial score (nSPS) is 13.0. The molecular weight excluding hydrogens is 142 g/mol. The van der Waals surface area contributed by atoms with Crippen molar-refractivity contribution >= 4 is 11.8 Å². The van der Waals surface area contributed by atoms with E-state index >= 15 is 0 Å². The number of hydrogen-bond acceptors (Lipinski definition) is 2. The average Bonchev–Trinajstić information content (AvgIpc) is 1.97. The number of thioether (sulfide) groups is 1. The molecule has 0 fully saturated rings. The molecule has 0 aromatic rings. The van der Waals surface area contributed by atoms with Gasteiger partial charge in [0.25, 0.3) is 0 Å². The van der Waals surface area contributed by atoms with Gasteiger partial charge in [0, 0.05) is 6.04 Å². The molecular formula is C8H17NS. The minimum absolute atomic E-state index is 0.380. The van der Waals surface area contributed by atoms with Gasteiger partial charge in [0.15, 0.2) is 0 Å². The fraction of sp³-hybridized carbons (Fsp3) is 0.750. The van der Waals surface area contributed by atoms with E-state index in [1.807, 2.05) is 17.8 Å². The van der Waals surface area contributed by atoms with Gasteiger partial charge >= 0.3 is 0 Å². The first-order chi connectivity index (χ1) is 4.81. The van der Waals surface area contributed by atoms with E-state index in [0.717, 1.165) is 19.3 Å². The van der Waals surface area contributed by atoms with Crippen molar-refractivity contribution in [2.75, 3.05) is 12.0 Å². The van der Waals surface area contributed by atoms with E-state index in [-0.39, 0.29) is 0 Å². The monoisotopic (exact) mass is 159 g/mol. The van der Waals surface area contributed by atoms with Crippen LogP contribution in [0.1, 0.15) is 19.3 Å². The molecule has 0 aliphatic rings. The Labute approximate surface area is 68.1 Å². The molecule has 0 aromatic carbocycles. The van der Waals surface area contributed by atoms with Gasteiger partial charge in [-0.3, -0.25) is 0 Å². The Bertz CT molecular complexity index is 83.3. The summed E-state index contributed by atoms with van der Waals surface area (Å²) in [5.41, 5.74) is 5.78. The van der Waals surface area contributed by atoms with Crippen molar-refractivity contribution in [3.05, 3.63) is 12.7 Å². The summed E-state index contributed by atoms with van der Waals surface area (Å²) in [6, 6.07) is 0.380. The van der Waals surface area contributed by atoms with E-state index < -0.39 is 0 Å². The summed E-state index contributed by atoms with van der Waals surface area (Å²) in [5.74, 6) is 1.18. The lowest BCUT2D eigenvalue weighted by Gasteiger charge is -2.07. The lowest BCUT2D eigenvalue weighted by molar-refractivity contribution is 0.607. The molecule has 10 heavy (non-hydrogen) atoms. The molecule has 0 radical (unpaired) electrons. The van der Waals surface area contributed by atoms with E-state index in [0.29, 0.717) is 6.04 Å². The van der Waals surface area contributed by atoms with Gasteiger partial charge in [0.05, 0.1) is 0 Å². The summed E-state index contributed by atoms with van der Waals surface area (Å²) in [6.45, 7) is 3.65. The highest BCUT2D eigenvalue weighted by molar-refractivity contribution is 7.98. The van der Waals surface area contributed by atoms with E-state index in [4.69, 9.17) is 5.73 Å². The molecule has 2 heteroatoms. The van der Waals surface area contributed by atoms with Crippen LogP contribution in [0, 0.1) is 0 Å². The van der Waals surface area contributed by atoms with Crippen LogP contribution in [0.15, 0.2) is 12.7 Å². The first-order valence-corrected chi connectivity index (χ1v) is 5.06. The molecule has 0 heterocycles. The molecule has 0 saturated carbocycles. The standard InChI is InChI=1S/C8H17NS/c1-3-4-5-8(9)6-7-10-2/h3,8H,1,4-7,9H2,2H3. The van der Waals surface area contributed by atoms with Crippen LogP contribution in [0.25, 0.3) is 0 Å². The van der Waals surface area contributed by atoms with E-state index in [1.165, 1.54) is 5.75 Å². The van der Waals surface area contributed by atoms with Crippen LogP contribution in [0.2, 0.25) is 0 Å². The fourth-order valence-electron chi connectivity index (χ4n) is 0.745. The molecule has 60 valence electrons. The van der Waals surface area contributed by atoms with Crippen molar-refractivity contribution in [1.29, 1.82) is 0 Å². The molecule has 1 unspecified atom stereocenters. The first-order valence-electron chi connectivity index (χ1n) is 3.66.